The molecule has 2 aromatic carbocycles. The average Bonchev–Trinajstić information content (AvgIpc) is 3.16. The first-order valence-corrected chi connectivity index (χ1v) is 10.2. The van der Waals surface area contributed by atoms with E-state index in [9.17, 15) is 9.59 Å². The number of esters is 1. The van der Waals surface area contributed by atoms with Gasteiger partial charge in [0.15, 0.2) is 0 Å². The van der Waals surface area contributed by atoms with Crippen molar-refractivity contribution in [3.05, 3.63) is 83.2 Å². The summed E-state index contributed by atoms with van der Waals surface area (Å²) >= 11 is 0. The summed E-state index contributed by atoms with van der Waals surface area (Å²) in [6, 6.07) is 17.3. The van der Waals surface area contributed by atoms with Crippen LogP contribution in [0.25, 0.3) is 5.69 Å². The summed E-state index contributed by atoms with van der Waals surface area (Å²) in [6.45, 7) is 4.39. The molecule has 7 nitrogen and oxygen atoms in total. The SMILES string of the molecule is CCOC(=O)c1cnn(-c2ccc(C(=O)NCC(c3ccccc3)N(C)C)cc2)c1C. The number of benzene rings is 2. The molecule has 0 saturated heterocycles. The number of aromatic nitrogens is 2. The van der Waals surface area contributed by atoms with E-state index >= 15 is 0 Å². The van der Waals surface area contributed by atoms with E-state index in [1.54, 1.807) is 23.7 Å². The molecule has 0 saturated carbocycles. The fourth-order valence-corrected chi connectivity index (χ4v) is 3.40. The molecule has 1 atom stereocenters. The molecule has 0 aliphatic heterocycles. The van der Waals surface area contributed by atoms with Gasteiger partial charge in [0.2, 0.25) is 0 Å². The Balaban J connectivity index is 1.69. The maximum absolute atomic E-state index is 12.7. The van der Waals surface area contributed by atoms with Crippen molar-refractivity contribution >= 4 is 11.9 Å². The van der Waals surface area contributed by atoms with Gasteiger partial charge in [-0.3, -0.25) is 4.79 Å². The molecule has 3 rings (SSSR count). The van der Waals surface area contributed by atoms with E-state index in [2.05, 4.69) is 27.4 Å². The third kappa shape index (κ3) is 5.19. The van der Waals surface area contributed by atoms with E-state index in [0.29, 0.717) is 30.0 Å². The molecule has 1 heterocycles. The van der Waals surface area contributed by atoms with Gasteiger partial charge in [-0.15, -0.1) is 0 Å². The molecule has 1 amide bonds. The zero-order valence-corrected chi connectivity index (χ0v) is 18.3. The Morgan fingerprint density at radius 1 is 1.10 bits per heavy atom. The second-order valence-electron chi connectivity index (χ2n) is 7.42. The van der Waals surface area contributed by atoms with Crippen molar-refractivity contribution in [2.24, 2.45) is 0 Å². The third-order valence-electron chi connectivity index (χ3n) is 5.14. The number of nitrogens with one attached hydrogen (secondary N) is 1. The Bertz CT molecular complexity index is 1030. The summed E-state index contributed by atoms with van der Waals surface area (Å²) in [5, 5.41) is 7.30. The summed E-state index contributed by atoms with van der Waals surface area (Å²) in [5.74, 6) is -0.533. The van der Waals surface area contributed by atoms with Crippen LogP contribution in [0.2, 0.25) is 0 Å². The Morgan fingerprint density at radius 3 is 2.39 bits per heavy atom. The van der Waals surface area contributed by atoms with E-state index < -0.39 is 5.97 Å². The van der Waals surface area contributed by atoms with Gasteiger partial charge < -0.3 is 15.0 Å². The van der Waals surface area contributed by atoms with Gasteiger partial charge in [-0.25, -0.2) is 9.48 Å². The maximum Gasteiger partial charge on any atom is 0.341 e. The van der Waals surface area contributed by atoms with Gasteiger partial charge in [0.25, 0.3) is 5.91 Å². The van der Waals surface area contributed by atoms with Crippen molar-refractivity contribution in [1.82, 2.24) is 20.0 Å². The lowest BCUT2D eigenvalue weighted by Crippen LogP contribution is -2.34. The lowest BCUT2D eigenvalue weighted by Gasteiger charge is -2.25. The second-order valence-corrected chi connectivity index (χ2v) is 7.42. The van der Waals surface area contributed by atoms with E-state index in [-0.39, 0.29) is 11.9 Å². The second kappa shape index (κ2) is 10.0. The standard InChI is InChI=1S/C24H28N4O3/c1-5-31-24(30)21-15-26-28(17(21)2)20-13-11-19(12-14-20)23(29)25-16-22(27(3)4)18-9-7-6-8-10-18/h6-15,22H,5,16H2,1-4H3,(H,25,29). The quantitative estimate of drug-likeness (QED) is 0.566. The predicted molar refractivity (Wildman–Crippen MR) is 119 cm³/mol. The number of likely N-dealkylation sites (N-methyl/N-ethyl adjacent to an activating group) is 1. The number of hydrogen-bond donors (Lipinski definition) is 1. The normalized spacial score (nSPS) is 11.9. The number of rotatable bonds is 8. The lowest BCUT2D eigenvalue weighted by molar-refractivity contribution is 0.0525. The van der Waals surface area contributed by atoms with Gasteiger partial charge >= 0.3 is 5.97 Å². The monoisotopic (exact) mass is 420 g/mol. The summed E-state index contributed by atoms with van der Waals surface area (Å²) in [6.07, 6.45) is 1.50. The van der Waals surface area contributed by atoms with Crippen molar-refractivity contribution in [3.8, 4) is 5.69 Å². The highest BCUT2D eigenvalue weighted by atomic mass is 16.5. The van der Waals surface area contributed by atoms with Gasteiger partial charge in [0, 0.05) is 12.1 Å². The van der Waals surface area contributed by atoms with Crippen molar-refractivity contribution in [2.75, 3.05) is 27.2 Å². The first-order chi connectivity index (χ1) is 14.9. The molecule has 1 aromatic heterocycles. The zero-order chi connectivity index (χ0) is 22.4. The molecule has 1 N–H and O–H groups in total. The van der Waals surface area contributed by atoms with E-state index in [0.717, 1.165) is 11.3 Å². The van der Waals surface area contributed by atoms with Gasteiger partial charge in [-0.1, -0.05) is 30.3 Å². The molecule has 0 radical (unpaired) electrons. The van der Waals surface area contributed by atoms with Crippen molar-refractivity contribution < 1.29 is 14.3 Å². The van der Waals surface area contributed by atoms with Gasteiger partial charge in [-0.2, -0.15) is 5.10 Å². The van der Waals surface area contributed by atoms with Crippen LogP contribution in [0.4, 0.5) is 0 Å². The number of ether oxygens (including phenoxy) is 1. The van der Waals surface area contributed by atoms with Crippen LogP contribution in [0.15, 0.2) is 60.8 Å². The van der Waals surface area contributed by atoms with E-state index in [4.69, 9.17) is 4.74 Å². The fourth-order valence-electron chi connectivity index (χ4n) is 3.40. The van der Waals surface area contributed by atoms with Crippen LogP contribution in [0.5, 0.6) is 0 Å². The molecular weight excluding hydrogens is 392 g/mol. The minimum atomic E-state index is -0.392. The summed E-state index contributed by atoms with van der Waals surface area (Å²) in [4.78, 5) is 26.8. The molecule has 1 unspecified atom stereocenters. The lowest BCUT2D eigenvalue weighted by atomic mass is 10.1. The van der Waals surface area contributed by atoms with E-state index in [1.807, 2.05) is 51.4 Å². The molecule has 0 aliphatic carbocycles. The van der Waals surface area contributed by atoms with Crippen molar-refractivity contribution in [2.45, 2.75) is 19.9 Å². The molecular formula is C24H28N4O3. The van der Waals surface area contributed by atoms with E-state index in [1.165, 1.54) is 6.20 Å². The molecule has 0 aliphatic rings. The van der Waals surface area contributed by atoms with Crippen LogP contribution in [0, 0.1) is 6.92 Å². The van der Waals surface area contributed by atoms with Crippen LogP contribution < -0.4 is 5.32 Å². The van der Waals surface area contributed by atoms with Gasteiger partial charge in [-0.05, 0) is 57.8 Å². The highest BCUT2D eigenvalue weighted by Crippen LogP contribution is 2.18. The number of amides is 1. The minimum absolute atomic E-state index is 0.0810. The molecule has 31 heavy (non-hydrogen) atoms. The van der Waals surface area contributed by atoms with Crippen LogP contribution >= 0.6 is 0 Å². The number of carbonyl (C=O) groups is 2. The first kappa shape index (κ1) is 22.2. The largest absolute Gasteiger partial charge is 0.462 e. The highest BCUT2D eigenvalue weighted by molar-refractivity contribution is 5.94. The average molecular weight is 421 g/mol. The van der Waals surface area contributed by atoms with Crippen LogP contribution in [-0.4, -0.2) is 53.8 Å². The zero-order valence-electron chi connectivity index (χ0n) is 18.3. The minimum Gasteiger partial charge on any atom is -0.462 e. The van der Waals surface area contributed by atoms with Crippen molar-refractivity contribution in [3.63, 3.8) is 0 Å². The summed E-state index contributed by atoms with van der Waals surface area (Å²) in [5.41, 5.74) is 3.59. The number of nitrogens with zero attached hydrogens (tertiary/aromatic N) is 3. The van der Waals surface area contributed by atoms with Gasteiger partial charge in [0.1, 0.15) is 5.56 Å². The maximum atomic E-state index is 12.7. The Labute approximate surface area is 182 Å². The molecule has 162 valence electrons. The summed E-state index contributed by atoms with van der Waals surface area (Å²) < 4.78 is 6.71. The molecule has 0 bridgehead atoms. The fraction of sp³-hybridized carbons (Fsp3) is 0.292. The molecule has 0 spiro atoms. The number of carbonyl (C=O) groups excluding carboxylic acids is 2. The Morgan fingerprint density at radius 2 is 1.77 bits per heavy atom. The Hall–Kier alpha value is -3.45. The first-order valence-electron chi connectivity index (χ1n) is 10.2. The predicted octanol–water partition coefficient (Wildman–Crippen LogP) is 3.39. The van der Waals surface area contributed by atoms with Crippen molar-refractivity contribution in [1.29, 1.82) is 0 Å². The third-order valence-corrected chi connectivity index (χ3v) is 5.14. The molecule has 7 heteroatoms. The van der Waals surface area contributed by atoms with Gasteiger partial charge in [0.05, 0.1) is 30.2 Å². The Kier molecular flexibility index (Phi) is 7.20. The topological polar surface area (TPSA) is 76.5 Å². The van der Waals surface area contributed by atoms with Crippen LogP contribution in [0.1, 0.15) is 44.9 Å². The number of hydrogen-bond acceptors (Lipinski definition) is 5. The smallest absolute Gasteiger partial charge is 0.341 e. The summed E-state index contributed by atoms with van der Waals surface area (Å²) in [7, 11) is 3.99. The molecule has 3 aromatic rings. The van der Waals surface area contributed by atoms with Crippen LogP contribution in [-0.2, 0) is 4.74 Å². The molecule has 0 fully saturated rings. The highest BCUT2D eigenvalue weighted by Gasteiger charge is 2.17. The van der Waals surface area contributed by atoms with Crippen LogP contribution in [0.3, 0.4) is 0 Å².